The van der Waals surface area contributed by atoms with E-state index in [0.29, 0.717) is 31.3 Å². The smallest absolute Gasteiger partial charge is 0.328 e. The van der Waals surface area contributed by atoms with Crippen molar-refractivity contribution < 1.29 is 22.3 Å². The number of hydrogen-bond acceptors (Lipinski definition) is 8. The van der Waals surface area contributed by atoms with E-state index in [1.807, 2.05) is 38.1 Å². The minimum absolute atomic E-state index is 0.0252. The zero-order valence-electron chi connectivity index (χ0n) is 20.5. The molecule has 1 saturated heterocycles. The molecule has 0 radical (unpaired) electrons. The summed E-state index contributed by atoms with van der Waals surface area (Å²) < 4.78 is 45.7. The van der Waals surface area contributed by atoms with Crippen LogP contribution >= 0.6 is 0 Å². The highest BCUT2D eigenvalue weighted by Crippen LogP contribution is 2.24. The Balaban J connectivity index is 1.51. The van der Waals surface area contributed by atoms with Gasteiger partial charge in [0, 0.05) is 31.6 Å². The summed E-state index contributed by atoms with van der Waals surface area (Å²) in [5.74, 6) is 0.129. The van der Waals surface area contributed by atoms with Crippen molar-refractivity contribution in [3.63, 3.8) is 0 Å². The van der Waals surface area contributed by atoms with Gasteiger partial charge in [0.15, 0.2) is 0 Å². The van der Waals surface area contributed by atoms with Gasteiger partial charge in [-0.3, -0.25) is 4.90 Å². The van der Waals surface area contributed by atoms with E-state index in [4.69, 9.17) is 9.72 Å². The van der Waals surface area contributed by atoms with E-state index in [-0.39, 0.29) is 29.9 Å². The highest BCUT2D eigenvalue weighted by atomic mass is 32.2. The lowest BCUT2D eigenvalue weighted by molar-refractivity contribution is -0.142. The largest absolute Gasteiger partial charge is 0.467 e. The van der Waals surface area contributed by atoms with Crippen molar-refractivity contribution in [2.24, 2.45) is 5.92 Å². The number of methoxy groups -OCH3 is 1. The number of esters is 1. The lowest BCUT2D eigenvalue weighted by atomic mass is 10.0. The molecule has 1 fully saturated rings. The fourth-order valence-corrected chi connectivity index (χ4v) is 5.64. The number of hydrogen-bond donors (Lipinski definition) is 1. The maximum absolute atomic E-state index is 13.6. The van der Waals surface area contributed by atoms with Crippen molar-refractivity contribution in [3.05, 3.63) is 60.2 Å². The first-order valence-electron chi connectivity index (χ1n) is 11.8. The molecule has 0 aliphatic carbocycles. The molecule has 36 heavy (non-hydrogen) atoms. The SMILES string of the molecule is COC(=O)[C@@H](Nc1nc(CN2CCN(S(=O)(=O)c3cccc(F)c3)CC2)nc2ccccc12)C(C)C. The summed E-state index contributed by atoms with van der Waals surface area (Å²) in [7, 11) is -2.41. The van der Waals surface area contributed by atoms with Crippen LogP contribution in [0.4, 0.5) is 10.2 Å². The fraction of sp³-hybridized carbons (Fsp3) is 0.400. The molecular weight excluding hydrogens is 485 g/mol. The molecule has 0 amide bonds. The Bertz CT molecular complexity index is 1340. The number of nitrogens with zero attached hydrogens (tertiary/aromatic N) is 4. The Morgan fingerprint density at radius 1 is 1.08 bits per heavy atom. The van der Waals surface area contributed by atoms with Crippen molar-refractivity contribution in [1.82, 2.24) is 19.2 Å². The predicted octanol–water partition coefficient (Wildman–Crippen LogP) is 2.88. The first-order valence-corrected chi connectivity index (χ1v) is 13.2. The number of ether oxygens (including phenoxy) is 1. The third kappa shape index (κ3) is 5.63. The molecule has 1 aliphatic rings. The molecule has 0 spiro atoms. The first kappa shape index (κ1) is 25.9. The van der Waals surface area contributed by atoms with Gasteiger partial charge in [-0.15, -0.1) is 0 Å². The van der Waals surface area contributed by atoms with Crippen molar-refractivity contribution in [2.45, 2.75) is 31.3 Å². The quantitative estimate of drug-likeness (QED) is 0.457. The van der Waals surface area contributed by atoms with Gasteiger partial charge in [-0.1, -0.05) is 32.0 Å². The van der Waals surface area contributed by atoms with Gasteiger partial charge in [0.2, 0.25) is 10.0 Å². The molecular formula is C25H30FN5O4S. The van der Waals surface area contributed by atoms with Gasteiger partial charge in [-0.2, -0.15) is 4.31 Å². The summed E-state index contributed by atoms with van der Waals surface area (Å²) in [6, 6.07) is 12.0. The number of piperazine rings is 1. The molecule has 1 atom stereocenters. The Kier molecular flexibility index (Phi) is 7.82. The predicted molar refractivity (Wildman–Crippen MR) is 134 cm³/mol. The summed E-state index contributed by atoms with van der Waals surface area (Å²) >= 11 is 0. The second-order valence-corrected chi connectivity index (χ2v) is 11.0. The van der Waals surface area contributed by atoms with Crippen LogP contribution in [0.1, 0.15) is 19.7 Å². The van der Waals surface area contributed by atoms with Crippen LogP contribution < -0.4 is 5.32 Å². The minimum Gasteiger partial charge on any atom is -0.467 e. The molecule has 1 aliphatic heterocycles. The van der Waals surface area contributed by atoms with E-state index in [1.54, 1.807) is 0 Å². The Hall–Kier alpha value is -3.15. The highest BCUT2D eigenvalue weighted by Gasteiger charge is 2.29. The van der Waals surface area contributed by atoms with Crippen LogP contribution in [0.2, 0.25) is 0 Å². The fourth-order valence-electron chi connectivity index (χ4n) is 4.18. The van der Waals surface area contributed by atoms with Crippen molar-refractivity contribution in [3.8, 4) is 0 Å². The van der Waals surface area contributed by atoms with Gasteiger partial charge in [0.1, 0.15) is 23.5 Å². The number of benzene rings is 2. The van der Waals surface area contributed by atoms with Gasteiger partial charge in [0.05, 0.1) is 24.1 Å². The summed E-state index contributed by atoms with van der Waals surface area (Å²) in [5.41, 5.74) is 0.740. The third-order valence-corrected chi connectivity index (χ3v) is 8.09. The Morgan fingerprint density at radius 2 is 1.81 bits per heavy atom. The Labute approximate surface area is 210 Å². The average molecular weight is 516 g/mol. The molecule has 0 unspecified atom stereocenters. The van der Waals surface area contributed by atoms with Crippen molar-refractivity contribution >= 4 is 32.7 Å². The molecule has 3 aromatic rings. The topological polar surface area (TPSA) is 105 Å². The zero-order chi connectivity index (χ0) is 25.9. The van der Waals surface area contributed by atoms with Crippen molar-refractivity contribution in [2.75, 3.05) is 38.6 Å². The maximum atomic E-state index is 13.6. The average Bonchev–Trinajstić information content (AvgIpc) is 2.87. The second kappa shape index (κ2) is 10.9. The van der Waals surface area contributed by atoms with Crippen LogP contribution in [0.5, 0.6) is 0 Å². The molecule has 4 rings (SSSR count). The first-order chi connectivity index (χ1) is 17.2. The van der Waals surface area contributed by atoms with E-state index < -0.39 is 21.9 Å². The molecule has 0 bridgehead atoms. The molecule has 192 valence electrons. The monoisotopic (exact) mass is 515 g/mol. The van der Waals surface area contributed by atoms with Crippen molar-refractivity contribution in [1.29, 1.82) is 0 Å². The van der Waals surface area contributed by atoms with E-state index in [9.17, 15) is 17.6 Å². The third-order valence-electron chi connectivity index (χ3n) is 6.19. The van der Waals surface area contributed by atoms with Crippen LogP contribution in [0.3, 0.4) is 0 Å². The number of para-hydroxylation sites is 1. The molecule has 2 aromatic carbocycles. The van der Waals surface area contributed by atoms with Gasteiger partial charge in [-0.25, -0.2) is 27.6 Å². The number of halogens is 1. The van der Waals surface area contributed by atoms with Gasteiger partial charge < -0.3 is 10.1 Å². The zero-order valence-corrected chi connectivity index (χ0v) is 21.3. The normalized spacial score (nSPS) is 16.2. The summed E-state index contributed by atoms with van der Waals surface area (Å²) in [6.45, 7) is 5.77. The molecule has 2 heterocycles. The van der Waals surface area contributed by atoms with Gasteiger partial charge >= 0.3 is 5.97 Å². The highest BCUT2D eigenvalue weighted by molar-refractivity contribution is 7.89. The minimum atomic E-state index is -3.77. The van der Waals surface area contributed by atoms with Crippen LogP contribution in [0.25, 0.3) is 10.9 Å². The lowest BCUT2D eigenvalue weighted by Gasteiger charge is -2.33. The van der Waals surface area contributed by atoms with Crippen LogP contribution in [0, 0.1) is 11.7 Å². The number of sulfonamides is 1. The Morgan fingerprint density at radius 3 is 2.47 bits per heavy atom. The van der Waals surface area contributed by atoms with Gasteiger partial charge in [0.25, 0.3) is 0 Å². The number of aromatic nitrogens is 2. The number of rotatable bonds is 8. The molecule has 0 saturated carbocycles. The van der Waals surface area contributed by atoms with Crippen LogP contribution in [-0.4, -0.2) is 72.9 Å². The van der Waals surface area contributed by atoms with E-state index in [1.165, 1.54) is 29.6 Å². The molecule has 11 heteroatoms. The summed E-state index contributed by atoms with van der Waals surface area (Å²) in [6.07, 6.45) is 0. The number of anilines is 1. The molecule has 9 nitrogen and oxygen atoms in total. The van der Waals surface area contributed by atoms with Crippen LogP contribution in [0.15, 0.2) is 53.4 Å². The number of carbonyl (C=O) groups excluding carboxylic acids is 1. The molecule has 1 N–H and O–H groups in total. The molecule has 1 aromatic heterocycles. The van der Waals surface area contributed by atoms with E-state index in [2.05, 4.69) is 15.2 Å². The standard InChI is InChI=1S/C25H30FN5O4S/c1-17(2)23(25(32)35-3)29-24-20-9-4-5-10-21(20)27-22(28-24)16-30-11-13-31(14-12-30)36(33,34)19-8-6-7-18(26)15-19/h4-10,15,17,23H,11-14,16H2,1-3H3,(H,27,28,29)/t23-/m0/s1. The maximum Gasteiger partial charge on any atom is 0.328 e. The number of carbonyl (C=O) groups is 1. The second-order valence-electron chi connectivity index (χ2n) is 9.03. The lowest BCUT2D eigenvalue weighted by Crippen LogP contribution is -2.48. The summed E-state index contributed by atoms with van der Waals surface area (Å²) in [4.78, 5) is 23.7. The van der Waals surface area contributed by atoms with E-state index in [0.717, 1.165) is 17.0 Å². The van der Waals surface area contributed by atoms with Gasteiger partial charge in [-0.05, 0) is 36.2 Å². The van der Waals surface area contributed by atoms with Crippen LogP contribution in [-0.2, 0) is 26.1 Å². The van der Waals surface area contributed by atoms with E-state index >= 15 is 0 Å². The number of fused-ring (bicyclic) bond motifs is 1. The number of nitrogens with one attached hydrogen (secondary N) is 1. The summed E-state index contributed by atoms with van der Waals surface area (Å²) in [5, 5.41) is 4.03.